The Kier molecular flexibility index (Phi) is 5.39. The smallest absolute Gasteiger partial charge is 0.347 e. The van der Waals surface area contributed by atoms with Crippen molar-refractivity contribution in [3.8, 4) is 0 Å². The molecule has 1 saturated heterocycles. The van der Waals surface area contributed by atoms with E-state index in [-0.39, 0.29) is 6.10 Å². The number of esters is 1. The van der Waals surface area contributed by atoms with Crippen molar-refractivity contribution in [1.82, 2.24) is 0 Å². The quantitative estimate of drug-likeness (QED) is 0.581. The molecule has 5 rings (SSSR count). The number of rotatable bonds is 5. The Balaban J connectivity index is 1.41. The molecule has 4 atom stereocenters. The summed E-state index contributed by atoms with van der Waals surface area (Å²) in [4.78, 5) is 13.6. The van der Waals surface area contributed by atoms with Crippen LogP contribution in [0.3, 0.4) is 0 Å². The van der Waals surface area contributed by atoms with Crippen molar-refractivity contribution in [3.05, 3.63) is 71.8 Å². The fourth-order valence-electron chi connectivity index (χ4n) is 6.86. The number of benzene rings is 2. The first kappa shape index (κ1) is 20.7. The maximum absolute atomic E-state index is 13.6. The molecule has 2 saturated carbocycles. The monoisotopic (exact) mass is 420 g/mol. The predicted molar refractivity (Wildman–Crippen MR) is 120 cm³/mol. The zero-order valence-corrected chi connectivity index (χ0v) is 18.5. The molecule has 0 aromatic heterocycles. The molecule has 3 fully saturated rings. The second-order valence-corrected chi connectivity index (χ2v) is 10.1. The lowest BCUT2D eigenvalue weighted by Crippen LogP contribution is -2.57. The van der Waals surface area contributed by atoms with Crippen LogP contribution in [0.5, 0.6) is 0 Å². The second-order valence-electron chi connectivity index (χ2n) is 10.1. The van der Waals surface area contributed by atoms with E-state index < -0.39 is 11.6 Å². The molecule has 1 heterocycles. The summed E-state index contributed by atoms with van der Waals surface area (Å²) in [5.74, 6) is 0.503. The zero-order chi connectivity index (χ0) is 21.5. The number of piperidine rings is 1. The molecule has 2 aromatic carbocycles. The fraction of sp³-hybridized carbons (Fsp3) is 0.519. The highest BCUT2D eigenvalue weighted by atomic mass is 16.6. The third-order valence-corrected chi connectivity index (χ3v) is 8.30. The van der Waals surface area contributed by atoms with E-state index in [1.807, 2.05) is 36.4 Å². The number of ether oxygens (including phenoxy) is 1. The molecule has 2 aliphatic carbocycles. The number of carbonyl (C=O) groups excluding carboxylic acids is 1. The molecule has 0 spiro atoms. The Hall–Kier alpha value is -2.17. The van der Waals surface area contributed by atoms with Crippen LogP contribution in [0.15, 0.2) is 60.7 Å². The highest BCUT2D eigenvalue weighted by Gasteiger charge is 2.58. The molecule has 4 heteroatoms. The largest absolute Gasteiger partial charge is 0.459 e. The Bertz CT molecular complexity index is 867. The SMILES string of the molecule is C[N+]1(C2C3CC[C@@H]2[C@H](OC(=O)C(O)(c2ccccc2)c2ccccc2)C3)CCCCC1. The summed E-state index contributed by atoms with van der Waals surface area (Å²) in [6.07, 6.45) is 7.18. The number of hydrogen-bond donors (Lipinski definition) is 1. The van der Waals surface area contributed by atoms with Crippen molar-refractivity contribution in [2.45, 2.75) is 56.3 Å². The maximum Gasteiger partial charge on any atom is 0.347 e. The molecule has 164 valence electrons. The summed E-state index contributed by atoms with van der Waals surface area (Å²) in [5, 5.41) is 11.7. The predicted octanol–water partition coefficient (Wildman–Crippen LogP) is 4.26. The van der Waals surface area contributed by atoms with Gasteiger partial charge in [-0.25, -0.2) is 4.79 Å². The van der Waals surface area contributed by atoms with Gasteiger partial charge in [-0.2, -0.15) is 0 Å². The summed E-state index contributed by atoms with van der Waals surface area (Å²) in [6, 6.07) is 19.0. The molecule has 31 heavy (non-hydrogen) atoms. The van der Waals surface area contributed by atoms with Crippen LogP contribution in [0.1, 0.15) is 49.7 Å². The van der Waals surface area contributed by atoms with Crippen molar-refractivity contribution in [3.63, 3.8) is 0 Å². The van der Waals surface area contributed by atoms with E-state index in [1.54, 1.807) is 24.3 Å². The summed E-state index contributed by atoms with van der Waals surface area (Å²) < 4.78 is 7.33. The lowest BCUT2D eigenvalue weighted by Gasteiger charge is -2.45. The average molecular weight is 421 g/mol. The van der Waals surface area contributed by atoms with Gasteiger partial charge >= 0.3 is 5.97 Å². The van der Waals surface area contributed by atoms with E-state index in [0.29, 0.717) is 29.0 Å². The second kappa shape index (κ2) is 8.07. The number of nitrogens with zero attached hydrogens (tertiary/aromatic N) is 1. The van der Waals surface area contributed by atoms with Gasteiger partial charge in [-0.15, -0.1) is 0 Å². The number of carbonyl (C=O) groups is 1. The average Bonchev–Trinajstić information content (AvgIpc) is 3.39. The first-order chi connectivity index (χ1) is 15.0. The van der Waals surface area contributed by atoms with Crippen LogP contribution >= 0.6 is 0 Å². The van der Waals surface area contributed by atoms with Gasteiger partial charge < -0.3 is 14.3 Å². The van der Waals surface area contributed by atoms with E-state index in [9.17, 15) is 9.90 Å². The summed E-state index contributed by atoms with van der Waals surface area (Å²) in [5.41, 5.74) is -0.675. The van der Waals surface area contributed by atoms with Crippen LogP contribution in [0, 0.1) is 11.8 Å². The van der Waals surface area contributed by atoms with Crippen LogP contribution < -0.4 is 0 Å². The molecule has 2 aromatic rings. The third kappa shape index (κ3) is 3.50. The Morgan fingerprint density at radius 1 is 0.935 bits per heavy atom. The van der Waals surface area contributed by atoms with E-state index in [4.69, 9.17) is 4.74 Å². The zero-order valence-electron chi connectivity index (χ0n) is 18.5. The molecule has 0 radical (unpaired) electrons. The minimum atomic E-state index is -1.79. The Morgan fingerprint density at radius 3 is 2.10 bits per heavy atom. The van der Waals surface area contributed by atoms with Gasteiger partial charge in [-0.1, -0.05) is 60.7 Å². The molecular formula is C27H34NO3+. The van der Waals surface area contributed by atoms with E-state index in [2.05, 4.69) is 7.05 Å². The summed E-state index contributed by atoms with van der Waals surface area (Å²) in [7, 11) is 2.42. The van der Waals surface area contributed by atoms with Gasteiger partial charge in [0.15, 0.2) is 0 Å². The Labute approximate surface area is 185 Å². The van der Waals surface area contributed by atoms with Crippen molar-refractivity contribution in [2.75, 3.05) is 20.1 Å². The van der Waals surface area contributed by atoms with Crippen molar-refractivity contribution in [1.29, 1.82) is 0 Å². The van der Waals surface area contributed by atoms with Gasteiger partial charge in [0.1, 0.15) is 6.10 Å². The van der Waals surface area contributed by atoms with Crippen LogP contribution in [-0.4, -0.2) is 47.8 Å². The molecular weight excluding hydrogens is 386 g/mol. The van der Waals surface area contributed by atoms with Crippen LogP contribution in [0.2, 0.25) is 0 Å². The third-order valence-electron chi connectivity index (χ3n) is 8.30. The van der Waals surface area contributed by atoms with Crippen LogP contribution in [0.4, 0.5) is 0 Å². The standard InChI is InChI=1S/C27H34NO3/c1-28(17-9-4-10-18-28)25-20-15-16-23(25)24(19-20)31-26(29)27(30,21-11-5-2-6-12-21)22-13-7-3-8-14-22/h2-3,5-8,11-14,20,23-25,30H,4,9-10,15-19H2,1H3/q+1/t20?,23-,24-,25?/m1/s1. The van der Waals surface area contributed by atoms with E-state index in [0.717, 1.165) is 17.3 Å². The van der Waals surface area contributed by atoms with Crippen LogP contribution in [-0.2, 0) is 15.1 Å². The van der Waals surface area contributed by atoms with Gasteiger partial charge in [0.25, 0.3) is 0 Å². The number of aliphatic hydroxyl groups is 1. The molecule has 1 aliphatic heterocycles. The number of quaternary nitrogens is 1. The molecule has 1 N–H and O–H groups in total. The van der Waals surface area contributed by atoms with Crippen molar-refractivity contribution >= 4 is 5.97 Å². The fourth-order valence-corrected chi connectivity index (χ4v) is 6.86. The highest BCUT2D eigenvalue weighted by Crippen LogP contribution is 2.51. The lowest BCUT2D eigenvalue weighted by atomic mass is 9.86. The highest BCUT2D eigenvalue weighted by molar-refractivity contribution is 5.85. The minimum absolute atomic E-state index is 0.0907. The van der Waals surface area contributed by atoms with Gasteiger partial charge in [0.2, 0.25) is 5.60 Å². The summed E-state index contributed by atoms with van der Waals surface area (Å²) >= 11 is 0. The topological polar surface area (TPSA) is 46.5 Å². The maximum atomic E-state index is 13.6. The number of fused-ring (bicyclic) bond motifs is 2. The first-order valence-electron chi connectivity index (χ1n) is 11.9. The van der Waals surface area contributed by atoms with Gasteiger partial charge in [-0.3, -0.25) is 0 Å². The van der Waals surface area contributed by atoms with Gasteiger partial charge in [0, 0.05) is 11.8 Å². The Morgan fingerprint density at radius 2 is 1.52 bits per heavy atom. The van der Waals surface area contributed by atoms with E-state index >= 15 is 0 Å². The molecule has 2 bridgehead atoms. The minimum Gasteiger partial charge on any atom is -0.459 e. The van der Waals surface area contributed by atoms with Gasteiger partial charge in [0.05, 0.1) is 26.2 Å². The summed E-state index contributed by atoms with van der Waals surface area (Å²) in [6.45, 7) is 2.49. The number of likely N-dealkylation sites (tertiary alicyclic amines) is 1. The normalized spacial score (nSPS) is 29.6. The van der Waals surface area contributed by atoms with Crippen LogP contribution in [0.25, 0.3) is 0 Å². The lowest BCUT2D eigenvalue weighted by molar-refractivity contribution is -0.942. The van der Waals surface area contributed by atoms with Gasteiger partial charge in [-0.05, 0) is 49.7 Å². The molecule has 3 aliphatic rings. The molecule has 2 unspecified atom stereocenters. The first-order valence-corrected chi connectivity index (χ1v) is 11.9. The van der Waals surface area contributed by atoms with E-state index in [1.165, 1.54) is 38.8 Å². The molecule has 4 nitrogen and oxygen atoms in total. The van der Waals surface area contributed by atoms with Crippen molar-refractivity contribution < 1.29 is 19.1 Å². The number of hydrogen-bond acceptors (Lipinski definition) is 3. The van der Waals surface area contributed by atoms with Crippen molar-refractivity contribution in [2.24, 2.45) is 11.8 Å². The molecule has 0 amide bonds.